The minimum absolute atomic E-state index is 0.0621. The SMILES string of the molecule is COc1cccc(OC2CO[C@H]3CN(c4ccncc4)C[C@@H]3OC2)c1. The highest BCUT2D eigenvalue weighted by Gasteiger charge is 2.38. The lowest BCUT2D eigenvalue weighted by Gasteiger charge is -2.20. The van der Waals surface area contributed by atoms with Gasteiger partial charge in [0.1, 0.15) is 29.8 Å². The highest BCUT2D eigenvalue weighted by molar-refractivity contribution is 5.46. The van der Waals surface area contributed by atoms with Gasteiger partial charge in [0.25, 0.3) is 0 Å². The molecule has 0 aliphatic carbocycles. The van der Waals surface area contributed by atoms with Crippen molar-refractivity contribution < 1.29 is 18.9 Å². The summed E-state index contributed by atoms with van der Waals surface area (Å²) in [4.78, 5) is 6.35. The second-order valence-corrected chi connectivity index (χ2v) is 6.27. The number of anilines is 1. The molecule has 4 rings (SSSR count). The van der Waals surface area contributed by atoms with Gasteiger partial charge in [-0.25, -0.2) is 0 Å². The van der Waals surface area contributed by atoms with Crippen molar-refractivity contribution in [1.82, 2.24) is 4.98 Å². The van der Waals surface area contributed by atoms with Crippen LogP contribution >= 0.6 is 0 Å². The van der Waals surface area contributed by atoms with Gasteiger partial charge in [0, 0.05) is 37.2 Å². The van der Waals surface area contributed by atoms with Crippen LogP contribution in [0.15, 0.2) is 48.8 Å². The summed E-state index contributed by atoms with van der Waals surface area (Å²) in [6.45, 7) is 2.67. The Morgan fingerprint density at radius 1 is 1.00 bits per heavy atom. The molecule has 0 spiro atoms. The maximum Gasteiger partial charge on any atom is 0.145 e. The smallest absolute Gasteiger partial charge is 0.145 e. The molecule has 2 aliphatic heterocycles. The first-order valence-electron chi connectivity index (χ1n) is 8.51. The molecule has 0 saturated carbocycles. The summed E-state index contributed by atoms with van der Waals surface area (Å²) in [7, 11) is 1.65. The van der Waals surface area contributed by atoms with Gasteiger partial charge in [-0.1, -0.05) is 6.07 Å². The minimum Gasteiger partial charge on any atom is -0.497 e. The molecule has 6 nitrogen and oxygen atoms in total. The van der Waals surface area contributed by atoms with E-state index in [0.717, 1.165) is 30.3 Å². The molecule has 2 atom stereocenters. The Labute approximate surface area is 147 Å². The van der Waals surface area contributed by atoms with Crippen LogP contribution in [-0.2, 0) is 9.47 Å². The molecule has 2 fully saturated rings. The number of methoxy groups -OCH3 is 1. The largest absolute Gasteiger partial charge is 0.497 e. The van der Waals surface area contributed by atoms with Gasteiger partial charge in [0.2, 0.25) is 0 Å². The van der Waals surface area contributed by atoms with Gasteiger partial charge in [0.05, 0.1) is 20.3 Å². The second-order valence-electron chi connectivity index (χ2n) is 6.27. The van der Waals surface area contributed by atoms with Gasteiger partial charge in [0.15, 0.2) is 0 Å². The van der Waals surface area contributed by atoms with E-state index in [1.54, 1.807) is 7.11 Å². The summed E-state index contributed by atoms with van der Waals surface area (Å²) in [5.74, 6) is 1.54. The molecular formula is C19H22N2O4. The van der Waals surface area contributed by atoms with Crippen LogP contribution in [-0.4, -0.2) is 56.7 Å². The number of nitrogens with zero attached hydrogens (tertiary/aromatic N) is 2. The first-order valence-corrected chi connectivity index (χ1v) is 8.51. The fourth-order valence-corrected chi connectivity index (χ4v) is 3.27. The van der Waals surface area contributed by atoms with Crippen LogP contribution in [0, 0.1) is 0 Å². The highest BCUT2D eigenvalue weighted by Crippen LogP contribution is 2.26. The van der Waals surface area contributed by atoms with E-state index in [9.17, 15) is 0 Å². The second kappa shape index (κ2) is 7.29. The predicted octanol–water partition coefficient (Wildman–Crippen LogP) is 2.14. The van der Waals surface area contributed by atoms with Crippen LogP contribution in [0.1, 0.15) is 0 Å². The third kappa shape index (κ3) is 3.70. The van der Waals surface area contributed by atoms with Crippen molar-refractivity contribution in [3.05, 3.63) is 48.8 Å². The number of hydrogen-bond acceptors (Lipinski definition) is 6. The summed E-state index contributed by atoms with van der Waals surface area (Å²) in [6, 6.07) is 11.6. The Balaban J connectivity index is 1.35. The third-order valence-electron chi connectivity index (χ3n) is 4.58. The molecule has 1 aromatic carbocycles. The zero-order valence-electron chi connectivity index (χ0n) is 14.2. The molecule has 0 bridgehead atoms. The molecule has 132 valence electrons. The van der Waals surface area contributed by atoms with Gasteiger partial charge < -0.3 is 23.8 Å². The van der Waals surface area contributed by atoms with E-state index < -0.39 is 0 Å². The van der Waals surface area contributed by atoms with Gasteiger partial charge in [-0.15, -0.1) is 0 Å². The predicted molar refractivity (Wildman–Crippen MR) is 93.3 cm³/mol. The van der Waals surface area contributed by atoms with Crippen LogP contribution < -0.4 is 14.4 Å². The van der Waals surface area contributed by atoms with E-state index in [1.807, 2.05) is 48.8 Å². The fourth-order valence-electron chi connectivity index (χ4n) is 3.27. The topological polar surface area (TPSA) is 53.0 Å². The van der Waals surface area contributed by atoms with E-state index in [2.05, 4.69) is 9.88 Å². The van der Waals surface area contributed by atoms with E-state index in [-0.39, 0.29) is 18.3 Å². The summed E-state index contributed by atoms with van der Waals surface area (Å²) < 4.78 is 23.4. The Morgan fingerprint density at radius 2 is 1.68 bits per heavy atom. The third-order valence-corrected chi connectivity index (χ3v) is 4.58. The molecular weight excluding hydrogens is 320 g/mol. The number of hydrogen-bond donors (Lipinski definition) is 0. The Morgan fingerprint density at radius 3 is 2.36 bits per heavy atom. The average molecular weight is 342 g/mol. The lowest BCUT2D eigenvalue weighted by Crippen LogP contribution is -2.29. The highest BCUT2D eigenvalue weighted by atomic mass is 16.6. The molecule has 25 heavy (non-hydrogen) atoms. The van der Waals surface area contributed by atoms with Gasteiger partial charge in [-0.05, 0) is 24.3 Å². The van der Waals surface area contributed by atoms with Crippen molar-refractivity contribution in [1.29, 1.82) is 0 Å². The van der Waals surface area contributed by atoms with Gasteiger partial charge >= 0.3 is 0 Å². The van der Waals surface area contributed by atoms with Crippen molar-refractivity contribution >= 4 is 5.69 Å². The summed E-state index contributed by atoms with van der Waals surface area (Å²) in [5, 5.41) is 0. The van der Waals surface area contributed by atoms with E-state index in [0.29, 0.717) is 13.2 Å². The summed E-state index contributed by atoms with van der Waals surface area (Å²) >= 11 is 0. The monoisotopic (exact) mass is 342 g/mol. The fraction of sp³-hybridized carbons (Fsp3) is 0.421. The van der Waals surface area contributed by atoms with E-state index in [4.69, 9.17) is 18.9 Å². The molecule has 0 unspecified atom stereocenters. The van der Waals surface area contributed by atoms with Crippen molar-refractivity contribution in [3.63, 3.8) is 0 Å². The molecule has 2 aromatic rings. The Bertz CT molecular complexity index is 681. The van der Waals surface area contributed by atoms with Crippen LogP contribution in [0.3, 0.4) is 0 Å². The summed E-state index contributed by atoms with van der Waals surface area (Å²) in [5.41, 5.74) is 1.15. The molecule has 0 radical (unpaired) electrons. The van der Waals surface area contributed by atoms with Crippen molar-refractivity contribution in [2.75, 3.05) is 38.3 Å². The zero-order valence-corrected chi connectivity index (χ0v) is 14.2. The number of rotatable bonds is 4. The number of ether oxygens (including phenoxy) is 4. The minimum atomic E-state index is -0.118. The van der Waals surface area contributed by atoms with Gasteiger partial charge in [-0.2, -0.15) is 0 Å². The first kappa shape index (κ1) is 16.2. The van der Waals surface area contributed by atoms with Gasteiger partial charge in [-0.3, -0.25) is 4.98 Å². The number of fused-ring (bicyclic) bond motifs is 1. The van der Waals surface area contributed by atoms with Crippen molar-refractivity contribution in [2.24, 2.45) is 0 Å². The lowest BCUT2D eigenvalue weighted by molar-refractivity contribution is -0.00461. The summed E-state index contributed by atoms with van der Waals surface area (Å²) in [6.07, 6.45) is 3.62. The van der Waals surface area contributed by atoms with Crippen LogP contribution in [0.25, 0.3) is 0 Å². The van der Waals surface area contributed by atoms with Crippen molar-refractivity contribution in [2.45, 2.75) is 18.3 Å². The number of pyridine rings is 1. The first-order chi connectivity index (χ1) is 12.3. The standard InChI is InChI=1S/C19H22N2O4/c1-22-15-3-2-4-16(9-15)25-17-12-23-18-10-21(11-19(18)24-13-17)14-5-7-20-8-6-14/h2-9,17-19H,10-13H2,1H3/t18-,19-/m0/s1. The molecule has 0 N–H and O–H groups in total. The zero-order chi connectivity index (χ0) is 17.1. The molecule has 0 amide bonds. The number of benzene rings is 1. The Hall–Kier alpha value is -2.31. The molecule has 6 heteroatoms. The van der Waals surface area contributed by atoms with Crippen molar-refractivity contribution in [3.8, 4) is 11.5 Å². The Kier molecular flexibility index (Phi) is 4.72. The van der Waals surface area contributed by atoms with Crippen LogP contribution in [0.4, 0.5) is 5.69 Å². The average Bonchev–Trinajstić information content (AvgIpc) is 2.99. The normalized spacial score (nSPS) is 23.8. The van der Waals surface area contributed by atoms with Crippen LogP contribution in [0.5, 0.6) is 11.5 Å². The lowest BCUT2D eigenvalue weighted by atomic mass is 10.3. The molecule has 1 aromatic heterocycles. The maximum atomic E-state index is 6.08. The van der Waals surface area contributed by atoms with Crippen LogP contribution in [0.2, 0.25) is 0 Å². The van der Waals surface area contributed by atoms with E-state index in [1.165, 1.54) is 0 Å². The molecule has 2 saturated heterocycles. The maximum absolute atomic E-state index is 6.08. The quantitative estimate of drug-likeness (QED) is 0.849. The van der Waals surface area contributed by atoms with E-state index >= 15 is 0 Å². The molecule has 3 heterocycles. The number of aromatic nitrogens is 1. The molecule has 2 aliphatic rings.